The van der Waals surface area contributed by atoms with Crippen molar-refractivity contribution in [1.29, 1.82) is 5.26 Å². The fraction of sp³-hybridized carbons (Fsp3) is 0.429. The molecule has 0 aliphatic carbocycles. The number of likely N-dealkylation sites (tertiary alicyclic amines) is 1. The lowest BCUT2D eigenvalue weighted by atomic mass is 10.0. The molecule has 1 aliphatic rings. The van der Waals surface area contributed by atoms with Gasteiger partial charge >= 0.3 is 6.03 Å². The van der Waals surface area contributed by atoms with Crippen molar-refractivity contribution in [1.82, 2.24) is 4.90 Å². The fourth-order valence-corrected chi connectivity index (χ4v) is 2.40. The lowest BCUT2D eigenvalue weighted by molar-refractivity contribution is 0.193. The van der Waals surface area contributed by atoms with Crippen LogP contribution >= 0.6 is 0 Å². The standard InChI is InChI=1S/C14H18N4O/c1-10-3-2-4-13(12(10)9-15)17-11-5-7-18(8-6-11)14(16)19/h2-4,11,17H,5-8H2,1H3,(H2,16,19). The summed E-state index contributed by atoms with van der Waals surface area (Å²) < 4.78 is 0. The lowest BCUT2D eigenvalue weighted by Gasteiger charge is -2.32. The number of carbonyl (C=O) groups is 1. The topological polar surface area (TPSA) is 82.2 Å². The highest BCUT2D eigenvalue weighted by Crippen LogP contribution is 2.22. The van der Waals surface area contributed by atoms with Gasteiger partial charge in [-0.05, 0) is 31.4 Å². The molecule has 0 spiro atoms. The van der Waals surface area contributed by atoms with Crippen LogP contribution in [-0.2, 0) is 0 Å². The van der Waals surface area contributed by atoms with Crippen LogP contribution in [0.2, 0.25) is 0 Å². The molecule has 0 saturated carbocycles. The number of aryl methyl sites for hydroxylation is 1. The van der Waals surface area contributed by atoms with Crippen molar-refractivity contribution < 1.29 is 4.79 Å². The Morgan fingerprint density at radius 1 is 1.47 bits per heavy atom. The molecule has 1 heterocycles. The zero-order chi connectivity index (χ0) is 13.8. The summed E-state index contributed by atoms with van der Waals surface area (Å²) in [6.07, 6.45) is 1.70. The first kappa shape index (κ1) is 13.2. The SMILES string of the molecule is Cc1cccc(NC2CCN(C(N)=O)CC2)c1C#N. The third kappa shape index (κ3) is 2.97. The molecular formula is C14H18N4O. The average molecular weight is 258 g/mol. The molecule has 1 aromatic carbocycles. The van der Waals surface area contributed by atoms with Crippen LogP contribution in [0, 0.1) is 18.3 Å². The molecule has 1 aliphatic heterocycles. The van der Waals surface area contributed by atoms with Gasteiger partial charge < -0.3 is 16.0 Å². The van der Waals surface area contributed by atoms with Gasteiger partial charge in [0.2, 0.25) is 0 Å². The molecule has 5 nitrogen and oxygen atoms in total. The summed E-state index contributed by atoms with van der Waals surface area (Å²) in [5.41, 5.74) is 7.80. The summed E-state index contributed by atoms with van der Waals surface area (Å²) in [6.45, 7) is 3.26. The van der Waals surface area contributed by atoms with Gasteiger partial charge in [0.05, 0.1) is 11.3 Å². The van der Waals surface area contributed by atoms with E-state index >= 15 is 0 Å². The summed E-state index contributed by atoms with van der Waals surface area (Å²) in [7, 11) is 0. The Balaban J connectivity index is 2.02. The molecule has 5 heteroatoms. The highest BCUT2D eigenvalue weighted by atomic mass is 16.2. The number of rotatable bonds is 2. The van der Waals surface area contributed by atoms with Crippen LogP contribution in [0.25, 0.3) is 0 Å². The third-order valence-electron chi connectivity index (χ3n) is 3.55. The van der Waals surface area contributed by atoms with Gasteiger partial charge in [-0.15, -0.1) is 0 Å². The van der Waals surface area contributed by atoms with Crippen molar-refractivity contribution in [3.63, 3.8) is 0 Å². The number of anilines is 1. The van der Waals surface area contributed by atoms with Gasteiger partial charge in [0.25, 0.3) is 0 Å². The van der Waals surface area contributed by atoms with E-state index < -0.39 is 0 Å². The van der Waals surface area contributed by atoms with Crippen molar-refractivity contribution >= 4 is 11.7 Å². The maximum Gasteiger partial charge on any atom is 0.314 e. The van der Waals surface area contributed by atoms with Crippen LogP contribution in [-0.4, -0.2) is 30.1 Å². The van der Waals surface area contributed by atoms with Gasteiger partial charge in [0, 0.05) is 19.1 Å². The van der Waals surface area contributed by atoms with E-state index in [9.17, 15) is 10.1 Å². The minimum Gasteiger partial charge on any atom is -0.381 e. The lowest BCUT2D eigenvalue weighted by Crippen LogP contribution is -2.44. The molecule has 1 aromatic rings. The van der Waals surface area contributed by atoms with E-state index in [1.165, 1.54) is 0 Å². The minimum atomic E-state index is -0.355. The molecule has 100 valence electrons. The van der Waals surface area contributed by atoms with E-state index in [-0.39, 0.29) is 12.1 Å². The van der Waals surface area contributed by atoms with Gasteiger partial charge in [0.1, 0.15) is 6.07 Å². The predicted molar refractivity (Wildman–Crippen MR) is 73.7 cm³/mol. The van der Waals surface area contributed by atoms with Crippen molar-refractivity contribution in [2.75, 3.05) is 18.4 Å². The van der Waals surface area contributed by atoms with E-state index in [1.807, 2.05) is 25.1 Å². The summed E-state index contributed by atoms with van der Waals surface area (Å²) in [5.74, 6) is 0. The molecular weight excluding hydrogens is 240 g/mol. The number of piperidine rings is 1. The Morgan fingerprint density at radius 2 is 2.16 bits per heavy atom. The zero-order valence-electron chi connectivity index (χ0n) is 11.0. The summed E-state index contributed by atoms with van der Waals surface area (Å²) in [6, 6.07) is 7.95. The monoisotopic (exact) mass is 258 g/mol. The number of benzene rings is 1. The molecule has 3 N–H and O–H groups in total. The second-order valence-corrected chi connectivity index (χ2v) is 4.85. The molecule has 1 fully saturated rings. The number of primary amides is 1. The summed E-state index contributed by atoms with van der Waals surface area (Å²) >= 11 is 0. The molecule has 0 unspecified atom stereocenters. The second-order valence-electron chi connectivity index (χ2n) is 4.85. The quantitative estimate of drug-likeness (QED) is 0.848. The van der Waals surface area contributed by atoms with E-state index in [2.05, 4.69) is 11.4 Å². The first-order valence-corrected chi connectivity index (χ1v) is 6.42. The minimum absolute atomic E-state index is 0.282. The largest absolute Gasteiger partial charge is 0.381 e. The number of carbonyl (C=O) groups excluding carboxylic acids is 1. The smallest absolute Gasteiger partial charge is 0.314 e. The Bertz CT molecular complexity index is 513. The number of urea groups is 1. The number of nitrogens with one attached hydrogen (secondary N) is 1. The Hall–Kier alpha value is -2.22. The number of nitrogens with zero attached hydrogens (tertiary/aromatic N) is 2. The molecule has 2 rings (SSSR count). The van der Waals surface area contributed by atoms with Gasteiger partial charge in [-0.1, -0.05) is 12.1 Å². The van der Waals surface area contributed by atoms with Gasteiger partial charge in [-0.25, -0.2) is 4.79 Å². The highest BCUT2D eigenvalue weighted by Gasteiger charge is 2.21. The molecule has 19 heavy (non-hydrogen) atoms. The molecule has 0 bridgehead atoms. The zero-order valence-corrected chi connectivity index (χ0v) is 11.0. The first-order valence-electron chi connectivity index (χ1n) is 6.42. The fourth-order valence-electron chi connectivity index (χ4n) is 2.40. The maximum atomic E-state index is 11.0. The molecule has 2 amide bonds. The molecule has 0 atom stereocenters. The van der Waals surface area contributed by atoms with E-state index in [0.717, 1.165) is 24.1 Å². The molecule has 0 aromatic heterocycles. The molecule has 0 radical (unpaired) electrons. The Kier molecular flexibility index (Phi) is 3.91. The Labute approximate surface area is 113 Å². The first-order chi connectivity index (χ1) is 9.11. The summed E-state index contributed by atoms with van der Waals surface area (Å²) in [5, 5.41) is 12.6. The maximum absolute atomic E-state index is 11.0. The number of amides is 2. The van der Waals surface area contributed by atoms with Crippen LogP contribution in [0.15, 0.2) is 18.2 Å². The number of nitriles is 1. The third-order valence-corrected chi connectivity index (χ3v) is 3.55. The normalized spacial score (nSPS) is 15.9. The van der Waals surface area contributed by atoms with Crippen molar-refractivity contribution in [2.45, 2.75) is 25.8 Å². The van der Waals surface area contributed by atoms with Crippen LogP contribution in [0.5, 0.6) is 0 Å². The number of hydrogen-bond donors (Lipinski definition) is 2. The average Bonchev–Trinajstić information content (AvgIpc) is 2.39. The van der Waals surface area contributed by atoms with E-state index in [0.29, 0.717) is 18.7 Å². The Morgan fingerprint density at radius 3 is 2.74 bits per heavy atom. The highest BCUT2D eigenvalue weighted by molar-refractivity contribution is 5.72. The van der Waals surface area contributed by atoms with E-state index in [1.54, 1.807) is 4.90 Å². The van der Waals surface area contributed by atoms with Crippen LogP contribution in [0.3, 0.4) is 0 Å². The van der Waals surface area contributed by atoms with Crippen molar-refractivity contribution in [2.24, 2.45) is 5.73 Å². The van der Waals surface area contributed by atoms with E-state index in [4.69, 9.17) is 5.73 Å². The van der Waals surface area contributed by atoms with Crippen LogP contribution < -0.4 is 11.1 Å². The van der Waals surface area contributed by atoms with Crippen molar-refractivity contribution in [3.05, 3.63) is 29.3 Å². The van der Waals surface area contributed by atoms with Gasteiger partial charge in [0.15, 0.2) is 0 Å². The summed E-state index contributed by atoms with van der Waals surface area (Å²) in [4.78, 5) is 12.7. The van der Waals surface area contributed by atoms with Gasteiger partial charge in [-0.2, -0.15) is 5.26 Å². The van der Waals surface area contributed by atoms with Crippen molar-refractivity contribution in [3.8, 4) is 6.07 Å². The second kappa shape index (κ2) is 5.61. The van der Waals surface area contributed by atoms with Crippen LogP contribution in [0.1, 0.15) is 24.0 Å². The number of hydrogen-bond acceptors (Lipinski definition) is 3. The van der Waals surface area contributed by atoms with Crippen LogP contribution in [0.4, 0.5) is 10.5 Å². The van der Waals surface area contributed by atoms with Gasteiger partial charge in [-0.3, -0.25) is 0 Å². The predicted octanol–water partition coefficient (Wildman–Crippen LogP) is 1.82. The number of nitrogens with two attached hydrogens (primary N) is 1. The molecule has 1 saturated heterocycles.